The summed E-state index contributed by atoms with van der Waals surface area (Å²) in [6, 6.07) is 8.06. The summed E-state index contributed by atoms with van der Waals surface area (Å²) in [5, 5.41) is 0. The first-order valence-corrected chi connectivity index (χ1v) is 6.63. The number of carbonyl (C=O) groups is 1. The number of morpholine rings is 1. The molecule has 98 valence electrons. The fourth-order valence-corrected chi connectivity index (χ4v) is 2.24. The average molecular weight is 247 g/mol. The summed E-state index contributed by atoms with van der Waals surface area (Å²) >= 11 is 0. The molecule has 1 aliphatic rings. The van der Waals surface area contributed by atoms with Gasteiger partial charge >= 0.3 is 0 Å². The molecule has 3 nitrogen and oxygen atoms in total. The lowest BCUT2D eigenvalue weighted by Gasteiger charge is -2.36. The largest absolute Gasteiger partial charge is 0.375 e. The number of ether oxygens (including phenoxy) is 1. The molecule has 0 aliphatic carbocycles. The van der Waals surface area contributed by atoms with Gasteiger partial charge in [-0.3, -0.25) is 4.79 Å². The quantitative estimate of drug-likeness (QED) is 0.803. The predicted molar refractivity (Wildman–Crippen MR) is 71.7 cm³/mol. The van der Waals surface area contributed by atoms with Crippen LogP contribution >= 0.6 is 0 Å². The predicted octanol–water partition coefficient (Wildman–Crippen LogP) is 2.50. The van der Waals surface area contributed by atoms with Crippen molar-refractivity contribution < 1.29 is 9.53 Å². The molecule has 1 amide bonds. The van der Waals surface area contributed by atoms with Gasteiger partial charge in [-0.15, -0.1) is 0 Å². The van der Waals surface area contributed by atoms with E-state index in [2.05, 4.69) is 6.92 Å². The molecule has 1 aliphatic heterocycles. The molecule has 0 saturated carbocycles. The van der Waals surface area contributed by atoms with Crippen molar-refractivity contribution in [3.8, 4) is 0 Å². The Morgan fingerprint density at radius 3 is 2.61 bits per heavy atom. The molecule has 1 saturated heterocycles. The Morgan fingerprint density at radius 2 is 2.00 bits per heavy atom. The molecule has 0 bridgehead atoms. The van der Waals surface area contributed by atoms with Crippen LogP contribution in [0.1, 0.15) is 36.7 Å². The second kappa shape index (κ2) is 5.53. The first-order valence-electron chi connectivity index (χ1n) is 6.63. The molecule has 0 aromatic heterocycles. The van der Waals surface area contributed by atoms with Crippen LogP contribution in [-0.4, -0.2) is 36.1 Å². The topological polar surface area (TPSA) is 29.5 Å². The summed E-state index contributed by atoms with van der Waals surface area (Å²) in [6.07, 6.45) is 1.12. The lowest BCUT2D eigenvalue weighted by atomic mass is 10.1. The summed E-state index contributed by atoms with van der Waals surface area (Å²) < 4.78 is 5.55. The second-order valence-corrected chi connectivity index (χ2v) is 5.00. The van der Waals surface area contributed by atoms with E-state index in [-0.39, 0.29) is 18.1 Å². The average Bonchev–Trinajstić information content (AvgIpc) is 2.41. The normalized spacial score (nSPS) is 24.1. The van der Waals surface area contributed by atoms with E-state index in [9.17, 15) is 4.79 Å². The third-order valence-electron chi connectivity index (χ3n) is 3.48. The highest BCUT2D eigenvalue weighted by Crippen LogP contribution is 2.16. The van der Waals surface area contributed by atoms with Crippen molar-refractivity contribution in [2.75, 3.05) is 13.2 Å². The highest BCUT2D eigenvalue weighted by molar-refractivity contribution is 5.94. The van der Waals surface area contributed by atoms with Crippen molar-refractivity contribution in [2.45, 2.75) is 39.3 Å². The van der Waals surface area contributed by atoms with E-state index < -0.39 is 0 Å². The third kappa shape index (κ3) is 2.72. The highest BCUT2D eigenvalue weighted by Gasteiger charge is 2.27. The molecule has 1 aromatic rings. The van der Waals surface area contributed by atoms with Gasteiger partial charge in [-0.25, -0.2) is 0 Å². The Labute approximate surface area is 109 Å². The van der Waals surface area contributed by atoms with Crippen LogP contribution in [0.3, 0.4) is 0 Å². The Morgan fingerprint density at radius 1 is 1.33 bits per heavy atom. The zero-order chi connectivity index (χ0) is 13.1. The number of hydrogen-bond acceptors (Lipinski definition) is 2. The SMILES string of the molecule is CCc1ccc(C(=O)N2CC(C)OCC2C)cc1. The molecule has 1 aromatic carbocycles. The van der Waals surface area contributed by atoms with Gasteiger partial charge in [-0.1, -0.05) is 19.1 Å². The van der Waals surface area contributed by atoms with Crippen LogP contribution in [0, 0.1) is 0 Å². The third-order valence-corrected chi connectivity index (χ3v) is 3.48. The Balaban J connectivity index is 2.13. The van der Waals surface area contributed by atoms with Gasteiger partial charge in [-0.05, 0) is 38.0 Å². The zero-order valence-corrected chi connectivity index (χ0v) is 11.3. The fraction of sp³-hybridized carbons (Fsp3) is 0.533. The maximum absolute atomic E-state index is 12.4. The number of hydrogen-bond donors (Lipinski definition) is 0. The van der Waals surface area contributed by atoms with Crippen LogP contribution in [0.25, 0.3) is 0 Å². The van der Waals surface area contributed by atoms with Gasteiger partial charge in [-0.2, -0.15) is 0 Å². The van der Waals surface area contributed by atoms with Crippen LogP contribution in [0.5, 0.6) is 0 Å². The molecule has 0 spiro atoms. The van der Waals surface area contributed by atoms with E-state index >= 15 is 0 Å². The van der Waals surface area contributed by atoms with Gasteiger partial charge in [0.25, 0.3) is 5.91 Å². The van der Waals surface area contributed by atoms with E-state index in [0.717, 1.165) is 12.0 Å². The van der Waals surface area contributed by atoms with Crippen LogP contribution in [0.15, 0.2) is 24.3 Å². The molecule has 1 heterocycles. The van der Waals surface area contributed by atoms with Gasteiger partial charge in [0.2, 0.25) is 0 Å². The highest BCUT2D eigenvalue weighted by atomic mass is 16.5. The summed E-state index contributed by atoms with van der Waals surface area (Å²) in [7, 11) is 0. The van der Waals surface area contributed by atoms with E-state index in [4.69, 9.17) is 4.74 Å². The van der Waals surface area contributed by atoms with Crippen molar-refractivity contribution >= 4 is 5.91 Å². The van der Waals surface area contributed by atoms with Crippen molar-refractivity contribution in [3.63, 3.8) is 0 Å². The van der Waals surface area contributed by atoms with Crippen LogP contribution in [0.2, 0.25) is 0 Å². The lowest BCUT2D eigenvalue weighted by Crippen LogP contribution is -2.50. The Kier molecular flexibility index (Phi) is 4.02. The standard InChI is InChI=1S/C15H21NO2/c1-4-13-5-7-14(8-6-13)15(17)16-9-12(3)18-10-11(16)2/h5-8,11-12H,4,9-10H2,1-3H3. The maximum atomic E-state index is 12.4. The molecule has 2 atom stereocenters. The van der Waals surface area contributed by atoms with Gasteiger partial charge < -0.3 is 9.64 Å². The van der Waals surface area contributed by atoms with E-state index in [1.165, 1.54) is 5.56 Å². The number of carbonyl (C=O) groups excluding carboxylic acids is 1. The van der Waals surface area contributed by atoms with Crippen molar-refractivity contribution in [2.24, 2.45) is 0 Å². The van der Waals surface area contributed by atoms with Crippen LogP contribution in [0.4, 0.5) is 0 Å². The van der Waals surface area contributed by atoms with Crippen LogP contribution in [-0.2, 0) is 11.2 Å². The van der Waals surface area contributed by atoms with E-state index in [0.29, 0.717) is 13.2 Å². The Bertz CT molecular complexity index is 413. The molecule has 2 rings (SSSR count). The minimum absolute atomic E-state index is 0.111. The monoisotopic (exact) mass is 247 g/mol. The molecule has 0 radical (unpaired) electrons. The second-order valence-electron chi connectivity index (χ2n) is 5.00. The number of benzene rings is 1. The minimum atomic E-state index is 0.111. The zero-order valence-electron chi connectivity index (χ0n) is 11.3. The molecule has 2 unspecified atom stereocenters. The minimum Gasteiger partial charge on any atom is -0.375 e. The number of nitrogens with zero attached hydrogens (tertiary/aromatic N) is 1. The molecule has 1 fully saturated rings. The number of aryl methyl sites for hydroxylation is 1. The van der Waals surface area contributed by atoms with Gasteiger partial charge in [0.15, 0.2) is 0 Å². The lowest BCUT2D eigenvalue weighted by molar-refractivity contribution is -0.0387. The number of rotatable bonds is 2. The smallest absolute Gasteiger partial charge is 0.254 e. The molecular weight excluding hydrogens is 226 g/mol. The first kappa shape index (κ1) is 13.1. The van der Waals surface area contributed by atoms with Crippen molar-refractivity contribution in [1.82, 2.24) is 4.90 Å². The molecule has 0 N–H and O–H groups in total. The summed E-state index contributed by atoms with van der Waals surface area (Å²) in [4.78, 5) is 14.3. The summed E-state index contributed by atoms with van der Waals surface area (Å²) in [5.74, 6) is 0.111. The Hall–Kier alpha value is -1.35. The molecule has 3 heteroatoms. The van der Waals surface area contributed by atoms with E-state index in [1.54, 1.807) is 0 Å². The van der Waals surface area contributed by atoms with E-state index in [1.807, 2.05) is 43.0 Å². The molecular formula is C15H21NO2. The van der Waals surface area contributed by atoms with Crippen LogP contribution < -0.4 is 0 Å². The van der Waals surface area contributed by atoms with Crippen molar-refractivity contribution in [1.29, 1.82) is 0 Å². The maximum Gasteiger partial charge on any atom is 0.254 e. The fourth-order valence-electron chi connectivity index (χ4n) is 2.24. The van der Waals surface area contributed by atoms with Gasteiger partial charge in [0.1, 0.15) is 0 Å². The number of amides is 1. The summed E-state index contributed by atoms with van der Waals surface area (Å²) in [5.41, 5.74) is 2.03. The summed E-state index contributed by atoms with van der Waals surface area (Å²) in [6.45, 7) is 7.45. The van der Waals surface area contributed by atoms with Gasteiger partial charge in [0, 0.05) is 12.1 Å². The molecule has 18 heavy (non-hydrogen) atoms. The first-order chi connectivity index (χ1) is 8.61. The van der Waals surface area contributed by atoms with Gasteiger partial charge in [0.05, 0.1) is 18.8 Å². The van der Waals surface area contributed by atoms with Crippen molar-refractivity contribution in [3.05, 3.63) is 35.4 Å².